The first-order valence-corrected chi connectivity index (χ1v) is 13.3. The van der Waals surface area contributed by atoms with Crippen LogP contribution in [0.3, 0.4) is 0 Å². The summed E-state index contributed by atoms with van der Waals surface area (Å²) in [4.78, 5) is 30.9. The molecule has 3 aliphatic carbocycles. The molecule has 7 rings (SSSR count). The lowest BCUT2D eigenvalue weighted by Crippen LogP contribution is -2.70. The summed E-state index contributed by atoms with van der Waals surface area (Å²) in [5, 5.41) is 0. The molecule has 0 radical (unpaired) electrons. The first-order valence-electron chi connectivity index (χ1n) is 11.7. The minimum absolute atomic E-state index is 0.0724. The predicted molar refractivity (Wildman–Crippen MR) is 109 cm³/mol. The van der Waals surface area contributed by atoms with E-state index < -0.39 is 37.0 Å². The Bertz CT molecular complexity index is 1050. The molecule has 2 spiro atoms. The van der Waals surface area contributed by atoms with Crippen LogP contribution in [0.5, 0.6) is 0 Å². The van der Waals surface area contributed by atoms with E-state index in [-0.39, 0.29) is 41.5 Å². The average molecular weight is 484 g/mol. The molecular formula is C22H29O10P. The predicted octanol–water partition coefficient (Wildman–Crippen LogP) is 1.58. The van der Waals surface area contributed by atoms with E-state index in [2.05, 4.69) is 20.8 Å². The number of carbonyl (C=O) groups is 1. The van der Waals surface area contributed by atoms with E-state index in [0.717, 1.165) is 24.0 Å². The number of carbonyl (C=O) groups excluding carboxylic acids is 1. The number of fused-ring (bicyclic) bond motifs is 4. The zero-order chi connectivity index (χ0) is 23.3. The Balaban J connectivity index is 1.31. The molecule has 33 heavy (non-hydrogen) atoms. The molecule has 10 nitrogen and oxygen atoms in total. The van der Waals surface area contributed by atoms with Crippen LogP contribution in [-0.4, -0.2) is 69.9 Å². The Kier molecular flexibility index (Phi) is 3.85. The first-order chi connectivity index (χ1) is 15.4. The summed E-state index contributed by atoms with van der Waals surface area (Å²) in [7, 11) is -4.74. The number of hydrogen-bond donors (Lipinski definition) is 2. The van der Waals surface area contributed by atoms with E-state index in [1.807, 2.05) is 0 Å². The van der Waals surface area contributed by atoms with Crippen LogP contribution in [0.25, 0.3) is 0 Å². The molecule has 10 atom stereocenters. The highest BCUT2D eigenvalue weighted by Crippen LogP contribution is 2.83. The molecule has 0 aromatic rings. The number of epoxide rings is 3. The Morgan fingerprint density at radius 2 is 1.91 bits per heavy atom. The largest absolute Gasteiger partial charge is 0.471 e. The van der Waals surface area contributed by atoms with Crippen LogP contribution in [0.4, 0.5) is 0 Å². The standard InChI is InChI=1S/C22H29O10P/c1-9(2)20-15(30-20)16-22(31-16)19(4)6-5-11-12(8-27-17(11)23)13(19)7-14-21(22,29-14)18(20)28-10(3)32-33(24,25)26/h9-10,13-16,18H,5-8H2,1-4H3,(H2,24,25,26)/t10?,13-,14-,15-,16-,18+,19-,20-,21+,22+/m0/s1. The molecule has 182 valence electrons. The maximum absolute atomic E-state index is 12.3. The number of phosphoric ester groups is 1. The summed E-state index contributed by atoms with van der Waals surface area (Å²) < 4.78 is 47.5. The number of rotatable bonds is 5. The van der Waals surface area contributed by atoms with Gasteiger partial charge in [-0.25, -0.2) is 9.36 Å². The molecular weight excluding hydrogens is 455 g/mol. The molecule has 0 amide bonds. The van der Waals surface area contributed by atoms with Gasteiger partial charge >= 0.3 is 13.8 Å². The zero-order valence-corrected chi connectivity index (χ0v) is 19.9. The number of phosphoric acid groups is 1. The van der Waals surface area contributed by atoms with Crippen molar-refractivity contribution < 1.29 is 47.4 Å². The summed E-state index contributed by atoms with van der Waals surface area (Å²) in [5.74, 6) is -0.0275. The molecule has 0 aromatic heterocycles. The number of hydrogen-bond acceptors (Lipinski definition) is 8. The van der Waals surface area contributed by atoms with Crippen molar-refractivity contribution in [1.29, 1.82) is 0 Å². The molecule has 2 saturated carbocycles. The minimum atomic E-state index is -4.74. The highest BCUT2D eigenvalue weighted by Gasteiger charge is 3.00. The normalized spacial score (nSPS) is 53.8. The third-order valence-electron chi connectivity index (χ3n) is 9.68. The fraction of sp³-hybridized carbons (Fsp3) is 0.864. The maximum atomic E-state index is 12.3. The lowest BCUT2D eigenvalue weighted by molar-refractivity contribution is -0.191. The first kappa shape index (κ1) is 21.4. The van der Waals surface area contributed by atoms with Gasteiger partial charge in [0.25, 0.3) is 0 Å². The summed E-state index contributed by atoms with van der Waals surface area (Å²) >= 11 is 0. The van der Waals surface area contributed by atoms with Gasteiger partial charge in [-0.1, -0.05) is 20.8 Å². The number of esters is 1. The third kappa shape index (κ3) is 2.26. The molecule has 11 heteroatoms. The molecule has 0 aromatic carbocycles. The summed E-state index contributed by atoms with van der Waals surface area (Å²) in [5.41, 5.74) is -0.513. The molecule has 3 saturated heterocycles. The SMILES string of the molecule is CC(O[C@@H]1[C@@]2(C(C)C)O[C@H]2[C@@H]2O[C@]23[C@]12O[C@H]2C[C@H]1C2=C(CC[C@@]13C)C(=O)OC2)OP(=O)(O)O. The Morgan fingerprint density at radius 3 is 2.61 bits per heavy atom. The quantitative estimate of drug-likeness (QED) is 0.256. The maximum Gasteiger partial charge on any atom is 0.471 e. The van der Waals surface area contributed by atoms with Gasteiger partial charge in [-0.2, -0.15) is 0 Å². The van der Waals surface area contributed by atoms with Crippen LogP contribution in [0.15, 0.2) is 11.1 Å². The molecule has 5 fully saturated rings. The van der Waals surface area contributed by atoms with Gasteiger partial charge in [0.15, 0.2) is 11.9 Å². The van der Waals surface area contributed by atoms with Gasteiger partial charge in [-0.3, -0.25) is 4.52 Å². The van der Waals surface area contributed by atoms with E-state index in [9.17, 15) is 19.1 Å². The lowest BCUT2D eigenvalue weighted by Gasteiger charge is -2.54. The highest BCUT2D eigenvalue weighted by atomic mass is 31.2. The van der Waals surface area contributed by atoms with Crippen molar-refractivity contribution in [3.8, 4) is 0 Å². The van der Waals surface area contributed by atoms with Gasteiger partial charge in [-0.05, 0) is 43.6 Å². The number of cyclic esters (lactones) is 1. The van der Waals surface area contributed by atoms with Crippen molar-refractivity contribution in [1.82, 2.24) is 0 Å². The van der Waals surface area contributed by atoms with Crippen molar-refractivity contribution in [2.24, 2.45) is 17.3 Å². The van der Waals surface area contributed by atoms with Gasteiger partial charge in [0, 0.05) is 11.0 Å². The highest BCUT2D eigenvalue weighted by molar-refractivity contribution is 7.46. The second-order valence-electron chi connectivity index (χ2n) is 11.2. The topological polar surface area (TPSA) is 140 Å². The monoisotopic (exact) mass is 484 g/mol. The Labute approximate surface area is 191 Å². The van der Waals surface area contributed by atoms with Crippen LogP contribution in [-0.2, 0) is 37.6 Å². The second kappa shape index (κ2) is 5.93. The zero-order valence-electron chi connectivity index (χ0n) is 19.0. The minimum Gasteiger partial charge on any atom is -0.458 e. The van der Waals surface area contributed by atoms with E-state index in [1.54, 1.807) is 0 Å². The van der Waals surface area contributed by atoms with Crippen LogP contribution in [0.2, 0.25) is 0 Å². The summed E-state index contributed by atoms with van der Waals surface area (Å²) in [6.45, 7) is 8.15. The molecule has 1 unspecified atom stereocenters. The average Bonchev–Trinajstić information content (AvgIpc) is 3.59. The molecule has 2 N–H and O–H groups in total. The number of ether oxygens (including phenoxy) is 5. The van der Waals surface area contributed by atoms with Crippen molar-refractivity contribution >= 4 is 13.8 Å². The third-order valence-corrected chi connectivity index (χ3v) is 10.3. The van der Waals surface area contributed by atoms with E-state index in [1.165, 1.54) is 6.92 Å². The van der Waals surface area contributed by atoms with Crippen LogP contribution in [0, 0.1) is 17.3 Å². The molecule has 4 heterocycles. The van der Waals surface area contributed by atoms with Crippen molar-refractivity contribution in [3.63, 3.8) is 0 Å². The molecule has 7 aliphatic rings. The van der Waals surface area contributed by atoms with E-state index in [0.29, 0.717) is 13.0 Å². The van der Waals surface area contributed by atoms with Crippen molar-refractivity contribution in [2.45, 2.75) is 94.5 Å². The van der Waals surface area contributed by atoms with Gasteiger partial charge < -0.3 is 33.5 Å². The fourth-order valence-corrected chi connectivity index (χ4v) is 8.72. The van der Waals surface area contributed by atoms with Crippen LogP contribution < -0.4 is 0 Å². The van der Waals surface area contributed by atoms with Gasteiger partial charge in [0.1, 0.15) is 36.1 Å². The second-order valence-corrected chi connectivity index (χ2v) is 12.4. The smallest absolute Gasteiger partial charge is 0.458 e. The van der Waals surface area contributed by atoms with E-state index >= 15 is 0 Å². The van der Waals surface area contributed by atoms with Crippen molar-refractivity contribution in [2.75, 3.05) is 6.61 Å². The van der Waals surface area contributed by atoms with Crippen molar-refractivity contribution in [3.05, 3.63) is 11.1 Å². The van der Waals surface area contributed by atoms with Crippen LogP contribution in [0.1, 0.15) is 47.0 Å². The fourth-order valence-electron chi connectivity index (χ4n) is 8.28. The summed E-state index contributed by atoms with van der Waals surface area (Å²) in [6, 6.07) is 0. The van der Waals surface area contributed by atoms with Crippen LogP contribution >= 0.6 is 7.82 Å². The summed E-state index contributed by atoms with van der Waals surface area (Å²) in [6.07, 6.45) is -0.132. The van der Waals surface area contributed by atoms with E-state index in [4.69, 9.17) is 28.2 Å². The Morgan fingerprint density at radius 1 is 1.15 bits per heavy atom. The molecule has 4 aliphatic heterocycles. The lowest BCUT2D eigenvalue weighted by atomic mass is 9.46. The molecule has 0 bridgehead atoms. The van der Waals surface area contributed by atoms with Gasteiger partial charge in [-0.15, -0.1) is 0 Å². The van der Waals surface area contributed by atoms with Gasteiger partial charge in [0.2, 0.25) is 0 Å². The van der Waals surface area contributed by atoms with Gasteiger partial charge in [0.05, 0.1) is 6.10 Å². The Hall–Kier alpha value is -0.840.